The summed E-state index contributed by atoms with van der Waals surface area (Å²) in [5.41, 5.74) is 3.69. The Balaban J connectivity index is 1.76. The van der Waals surface area contributed by atoms with E-state index >= 15 is 0 Å². The summed E-state index contributed by atoms with van der Waals surface area (Å²) in [7, 11) is 5.88. The topological polar surface area (TPSA) is 39.7 Å². The summed E-state index contributed by atoms with van der Waals surface area (Å²) in [6.45, 7) is 1.55. The van der Waals surface area contributed by atoms with Gasteiger partial charge in [-0.15, -0.1) is 0 Å². The molecule has 2 aromatic carbocycles. The van der Waals surface area contributed by atoms with Crippen molar-refractivity contribution in [3.8, 4) is 0 Å². The van der Waals surface area contributed by atoms with Crippen molar-refractivity contribution in [3.63, 3.8) is 0 Å². The zero-order valence-electron chi connectivity index (χ0n) is 14.5. The van der Waals surface area contributed by atoms with E-state index in [9.17, 15) is 0 Å². The van der Waals surface area contributed by atoms with Gasteiger partial charge in [-0.25, -0.2) is 0 Å². The van der Waals surface area contributed by atoms with Gasteiger partial charge in [0.05, 0.1) is 0 Å². The second kappa shape index (κ2) is 9.18. The van der Waals surface area contributed by atoms with E-state index in [0.717, 1.165) is 23.9 Å². The van der Waals surface area contributed by atoms with E-state index in [-0.39, 0.29) is 0 Å². The smallest absolute Gasteiger partial charge is 0.191 e. The van der Waals surface area contributed by atoms with Crippen molar-refractivity contribution in [1.82, 2.24) is 10.6 Å². The first kappa shape index (κ1) is 18.1. The van der Waals surface area contributed by atoms with Crippen LogP contribution in [0, 0.1) is 0 Å². The third-order valence-electron chi connectivity index (χ3n) is 3.76. The highest BCUT2D eigenvalue weighted by atomic mass is 35.5. The standard InChI is InChI=1S/C19H25ClN4/c1-21-19(23-14-16-4-8-17(20)9-5-16)22-13-12-15-6-10-18(11-7-15)24(2)3/h4-11H,12-14H2,1-3H3,(H2,21,22,23). The molecule has 5 heteroatoms. The highest BCUT2D eigenvalue weighted by molar-refractivity contribution is 6.30. The first-order valence-electron chi connectivity index (χ1n) is 8.03. The quantitative estimate of drug-likeness (QED) is 0.624. The van der Waals surface area contributed by atoms with Gasteiger partial charge in [-0.2, -0.15) is 0 Å². The summed E-state index contributed by atoms with van der Waals surface area (Å²) >= 11 is 5.90. The third-order valence-corrected chi connectivity index (χ3v) is 4.01. The average Bonchev–Trinajstić information content (AvgIpc) is 2.59. The molecule has 2 N–H and O–H groups in total. The van der Waals surface area contributed by atoms with Crippen molar-refractivity contribution in [2.75, 3.05) is 32.6 Å². The van der Waals surface area contributed by atoms with Crippen LogP contribution in [0.5, 0.6) is 0 Å². The Morgan fingerprint density at radius 2 is 1.58 bits per heavy atom. The molecule has 0 bridgehead atoms. The summed E-state index contributed by atoms with van der Waals surface area (Å²) in [5.74, 6) is 0.801. The lowest BCUT2D eigenvalue weighted by atomic mass is 10.1. The molecule has 0 fully saturated rings. The lowest BCUT2D eigenvalue weighted by molar-refractivity contribution is 0.794. The number of nitrogens with one attached hydrogen (secondary N) is 2. The van der Waals surface area contributed by atoms with Gasteiger partial charge in [0.15, 0.2) is 5.96 Å². The summed E-state index contributed by atoms with van der Waals surface area (Å²) in [6, 6.07) is 16.4. The van der Waals surface area contributed by atoms with Crippen molar-refractivity contribution in [3.05, 3.63) is 64.7 Å². The molecule has 0 aliphatic rings. The van der Waals surface area contributed by atoms with Crippen LogP contribution < -0.4 is 15.5 Å². The van der Waals surface area contributed by atoms with Gasteiger partial charge in [-0.05, 0) is 41.8 Å². The monoisotopic (exact) mass is 344 g/mol. The molecule has 0 aromatic heterocycles. The number of nitrogens with zero attached hydrogens (tertiary/aromatic N) is 2. The van der Waals surface area contributed by atoms with Crippen molar-refractivity contribution < 1.29 is 0 Å². The molecule has 0 atom stereocenters. The Labute approximate surface area is 149 Å². The zero-order valence-corrected chi connectivity index (χ0v) is 15.3. The van der Waals surface area contributed by atoms with E-state index in [2.05, 4.69) is 44.8 Å². The first-order chi connectivity index (χ1) is 11.6. The molecule has 128 valence electrons. The second-order valence-corrected chi connectivity index (χ2v) is 6.23. The molecular weight excluding hydrogens is 320 g/mol. The van der Waals surface area contributed by atoms with Crippen LogP contribution in [0.4, 0.5) is 5.69 Å². The van der Waals surface area contributed by atoms with Gasteiger partial charge in [-0.1, -0.05) is 35.9 Å². The fourth-order valence-electron chi connectivity index (χ4n) is 2.29. The molecule has 2 aromatic rings. The zero-order chi connectivity index (χ0) is 17.4. The van der Waals surface area contributed by atoms with Crippen LogP contribution in [-0.4, -0.2) is 33.6 Å². The Bertz CT molecular complexity index is 648. The van der Waals surface area contributed by atoms with E-state index in [4.69, 9.17) is 11.6 Å². The summed E-state index contributed by atoms with van der Waals surface area (Å²) < 4.78 is 0. The number of aliphatic imine (C=N–C) groups is 1. The molecule has 24 heavy (non-hydrogen) atoms. The highest BCUT2D eigenvalue weighted by Crippen LogP contribution is 2.12. The minimum atomic E-state index is 0.717. The normalized spacial score (nSPS) is 11.2. The minimum absolute atomic E-state index is 0.717. The third kappa shape index (κ3) is 5.78. The fraction of sp³-hybridized carbons (Fsp3) is 0.316. The minimum Gasteiger partial charge on any atom is -0.378 e. The van der Waals surface area contributed by atoms with Crippen LogP contribution in [0.1, 0.15) is 11.1 Å². The molecule has 0 aliphatic heterocycles. The molecule has 4 nitrogen and oxygen atoms in total. The van der Waals surface area contributed by atoms with E-state index in [1.54, 1.807) is 7.05 Å². The van der Waals surface area contributed by atoms with Crippen molar-refractivity contribution in [1.29, 1.82) is 0 Å². The Hall–Kier alpha value is -2.20. The number of anilines is 1. The van der Waals surface area contributed by atoms with Gasteiger partial charge in [0.2, 0.25) is 0 Å². The Morgan fingerprint density at radius 1 is 0.958 bits per heavy atom. The number of benzene rings is 2. The molecule has 0 saturated heterocycles. The molecule has 0 spiro atoms. The summed E-state index contributed by atoms with van der Waals surface area (Å²) in [6.07, 6.45) is 0.954. The maximum atomic E-state index is 5.90. The van der Waals surface area contributed by atoms with Crippen LogP contribution in [0.25, 0.3) is 0 Å². The predicted octanol–water partition coefficient (Wildman–Crippen LogP) is 3.31. The van der Waals surface area contributed by atoms with E-state index < -0.39 is 0 Å². The van der Waals surface area contributed by atoms with E-state index in [0.29, 0.717) is 6.54 Å². The lowest BCUT2D eigenvalue weighted by Gasteiger charge is -2.14. The molecule has 0 heterocycles. The molecular formula is C19H25ClN4. The maximum absolute atomic E-state index is 5.90. The molecule has 0 saturated carbocycles. The summed E-state index contributed by atoms with van der Waals surface area (Å²) in [4.78, 5) is 6.35. The van der Waals surface area contributed by atoms with Crippen LogP contribution in [0.15, 0.2) is 53.5 Å². The van der Waals surface area contributed by atoms with Crippen LogP contribution >= 0.6 is 11.6 Å². The SMILES string of the molecule is CN=C(NCCc1ccc(N(C)C)cc1)NCc1ccc(Cl)cc1. The Kier molecular flexibility index (Phi) is 6.94. The van der Waals surface area contributed by atoms with Crippen LogP contribution in [-0.2, 0) is 13.0 Å². The summed E-state index contributed by atoms with van der Waals surface area (Å²) in [5, 5.41) is 7.40. The maximum Gasteiger partial charge on any atom is 0.191 e. The van der Waals surface area contributed by atoms with E-state index in [1.165, 1.54) is 16.8 Å². The number of halogens is 1. The van der Waals surface area contributed by atoms with Gasteiger partial charge < -0.3 is 15.5 Å². The number of hydrogen-bond acceptors (Lipinski definition) is 2. The van der Waals surface area contributed by atoms with Gasteiger partial charge in [0.1, 0.15) is 0 Å². The van der Waals surface area contributed by atoms with Crippen LogP contribution in [0.2, 0.25) is 5.02 Å². The predicted molar refractivity (Wildman–Crippen MR) is 104 cm³/mol. The first-order valence-corrected chi connectivity index (χ1v) is 8.41. The van der Waals surface area contributed by atoms with Crippen molar-refractivity contribution in [2.24, 2.45) is 4.99 Å². The number of hydrogen-bond donors (Lipinski definition) is 2. The molecule has 0 amide bonds. The van der Waals surface area contributed by atoms with Gasteiger partial charge >= 0.3 is 0 Å². The largest absolute Gasteiger partial charge is 0.378 e. The fourth-order valence-corrected chi connectivity index (χ4v) is 2.42. The molecule has 0 aliphatic carbocycles. The number of guanidine groups is 1. The molecule has 2 rings (SSSR count). The highest BCUT2D eigenvalue weighted by Gasteiger charge is 2.00. The van der Waals surface area contributed by atoms with Gasteiger partial charge in [0, 0.05) is 44.9 Å². The molecule has 0 radical (unpaired) electrons. The number of rotatable bonds is 6. The van der Waals surface area contributed by atoms with Crippen LogP contribution in [0.3, 0.4) is 0 Å². The van der Waals surface area contributed by atoms with Gasteiger partial charge in [-0.3, -0.25) is 4.99 Å². The average molecular weight is 345 g/mol. The second-order valence-electron chi connectivity index (χ2n) is 5.79. The van der Waals surface area contributed by atoms with Gasteiger partial charge in [0.25, 0.3) is 0 Å². The Morgan fingerprint density at radius 3 is 2.17 bits per heavy atom. The molecule has 0 unspecified atom stereocenters. The van der Waals surface area contributed by atoms with Crippen molar-refractivity contribution in [2.45, 2.75) is 13.0 Å². The van der Waals surface area contributed by atoms with E-state index in [1.807, 2.05) is 38.4 Å². The van der Waals surface area contributed by atoms with Crippen molar-refractivity contribution >= 4 is 23.2 Å². The lowest BCUT2D eigenvalue weighted by Crippen LogP contribution is -2.37.